The van der Waals surface area contributed by atoms with Gasteiger partial charge in [-0.15, -0.1) is 0 Å². The third kappa shape index (κ3) is 5.83. The average molecular weight is 299 g/mol. The number of amides is 2. The van der Waals surface area contributed by atoms with Crippen molar-refractivity contribution in [1.82, 2.24) is 15.1 Å². The standard InChI is InChI=1S/C16H33N3O2/c1-12(2)19(13(3)4)11-8-17-16(21)18-9-6-15(7-10-18)14(5)20/h12-15,20H,6-11H2,1-5H3,(H,17,21). The Morgan fingerprint density at radius 3 is 2.14 bits per heavy atom. The third-order valence-electron chi connectivity index (χ3n) is 4.48. The number of aliphatic hydroxyl groups excluding tert-OH is 1. The molecular formula is C16H33N3O2. The van der Waals surface area contributed by atoms with Crippen molar-refractivity contribution in [2.24, 2.45) is 5.92 Å². The summed E-state index contributed by atoms with van der Waals surface area (Å²) >= 11 is 0. The molecule has 1 saturated heterocycles. The van der Waals surface area contributed by atoms with Gasteiger partial charge in [0.2, 0.25) is 0 Å². The van der Waals surface area contributed by atoms with E-state index in [1.54, 1.807) is 0 Å². The minimum absolute atomic E-state index is 0.0338. The van der Waals surface area contributed by atoms with Crippen LogP contribution in [0.15, 0.2) is 0 Å². The number of carbonyl (C=O) groups excluding carboxylic acids is 1. The fourth-order valence-electron chi connectivity index (χ4n) is 3.10. The second-order valence-corrected chi connectivity index (χ2v) is 6.72. The zero-order chi connectivity index (χ0) is 16.0. The Balaban J connectivity index is 2.28. The summed E-state index contributed by atoms with van der Waals surface area (Å²) in [6.07, 6.45) is 1.53. The number of hydrogen-bond acceptors (Lipinski definition) is 3. The van der Waals surface area contributed by atoms with Crippen LogP contribution in [0.5, 0.6) is 0 Å². The lowest BCUT2D eigenvalue weighted by molar-refractivity contribution is 0.0795. The summed E-state index contributed by atoms with van der Waals surface area (Å²) < 4.78 is 0. The molecule has 0 saturated carbocycles. The first kappa shape index (κ1) is 18.2. The van der Waals surface area contributed by atoms with Crippen molar-refractivity contribution in [3.05, 3.63) is 0 Å². The normalized spacial score (nSPS) is 18.6. The minimum Gasteiger partial charge on any atom is -0.393 e. The van der Waals surface area contributed by atoms with Gasteiger partial charge in [-0.1, -0.05) is 0 Å². The molecule has 0 aliphatic carbocycles. The molecule has 0 radical (unpaired) electrons. The molecule has 1 fully saturated rings. The fourth-order valence-corrected chi connectivity index (χ4v) is 3.10. The summed E-state index contributed by atoms with van der Waals surface area (Å²) in [4.78, 5) is 16.4. The van der Waals surface area contributed by atoms with Gasteiger partial charge in [-0.2, -0.15) is 0 Å². The predicted molar refractivity (Wildman–Crippen MR) is 86.4 cm³/mol. The highest BCUT2D eigenvalue weighted by Gasteiger charge is 2.25. The fraction of sp³-hybridized carbons (Fsp3) is 0.938. The SMILES string of the molecule is CC(O)C1CCN(C(=O)NCCN(C(C)C)C(C)C)CC1. The Kier molecular flexibility index (Phi) is 7.46. The topological polar surface area (TPSA) is 55.8 Å². The number of carbonyl (C=O) groups is 1. The summed E-state index contributed by atoms with van der Waals surface area (Å²) in [5.74, 6) is 0.339. The second-order valence-electron chi connectivity index (χ2n) is 6.72. The van der Waals surface area contributed by atoms with Gasteiger partial charge in [-0.3, -0.25) is 4.90 Å². The molecule has 1 heterocycles. The van der Waals surface area contributed by atoms with E-state index in [0.717, 1.165) is 32.5 Å². The zero-order valence-electron chi connectivity index (χ0n) is 14.3. The lowest BCUT2D eigenvalue weighted by atomic mass is 9.92. The van der Waals surface area contributed by atoms with Gasteiger partial charge in [0.25, 0.3) is 0 Å². The van der Waals surface area contributed by atoms with Crippen LogP contribution in [0.1, 0.15) is 47.5 Å². The first-order valence-electron chi connectivity index (χ1n) is 8.29. The lowest BCUT2D eigenvalue weighted by Gasteiger charge is -2.34. The Morgan fingerprint density at radius 1 is 1.19 bits per heavy atom. The van der Waals surface area contributed by atoms with E-state index in [0.29, 0.717) is 24.5 Å². The van der Waals surface area contributed by atoms with Gasteiger partial charge in [0.15, 0.2) is 0 Å². The Hall–Kier alpha value is -0.810. The summed E-state index contributed by atoms with van der Waals surface area (Å²) in [5.41, 5.74) is 0. The molecule has 0 aromatic carbocycles. The van der Waals surface area contributed by atoms with E-state index in [-0.39, 0.29) is 12.1 Å². The zero-order valence-corrected chi connectivity index (χ0v) is 14.3. The first-order valence-corrected chi connectivity index (χ1v) is 8.29. The molecule has 21 heavy (non-hydrogen) atoms. The monoisotopic (exact) mass is 299 g/mol. The van der Waals surface area contributed by atoms with Crippen molar-refractivity contribution in [3.63, 3.8) is 0 Å². The van der Waals surface area contributed by atoms with Crippen LogP contribution >= 0.6 is 0 Å². The van der Waals surface area contributed by atoms with Crippen molar-refractivity contribution in [1.29, 1.82) is 0 Å². The maximum Gasteiger partial charge on any atom is 0.317 e. The number of nitrogens with one attached hydrogen (secondary N) is 1. The highest BCUT2D eigenvalue weighted by Crippen LogP contribution is 2.20. The number of aliphatic hydroxyl groups is 1. The van der Waals surface area contributed by atoms with Gasteiger partial charge in [-0.25, -0.2) is 4.79 Å². The Morgan fingerprint density at radius 2 is 1.71 bits per heavy atom. The third-order valence-corrected chi connectivity index (χ3v) is 4.48. The van der Waals surface area contributed by atoms with Crippen molar-refractivity contribution >= 4 is 6.03 Å². The van der Waals surface area contributed by atoms with E-state index in [1.807, 2.05) is 11.8 Å². The van der Waals surface area contributed by atoms with E-state index < -0.39 is 0 Å². The van der Waals surface area contributed by atoms with Gasteiger partial charge in [0, 0.05) is 38.3 Å². The molecule has 1 atom stereocenters. The maximum atomic E-state index is 12.1. The van der Waals surface area contributed by atoms with E-state index in [2.05, 4.69) is 37.9 Å². The highest BCUT2D eigenvalue weighted by molar-refractivity contribution is 5.74. The van der Waals surface area contributed by atoms with Crippen LogP contribution in [-0.4, -0.2) is 65.3 Å². The number of likely N-dealkylation sites (tertiary alicyclic amines) is 1. The van der Waals surface area contributed by atoms with Gasteiger partial charge in [0.05, 0.1) is 6.10 Å². The summed E-state index contributed by atoms with van der Waals surface area (Å²) in [5, 5.41) is 12.6. The van der Waals surface area contributed by atoms with Crippen LogP contribution in [0.3, 0.4) is 0 Å². The molecule has 124 valence electrons. The second kappa shape index (κ2) is 8.59. The highest BCUT2D eigenvalue weighted by atomic mass is 16.3. The quantitative estimate of drug-likeness (QED) is 0.788. The first-order chi connectivity index (χ1) is 9.82. The maximum absolute atomic E-state index is 12.1. The number of hydrogen-bond donors (Lipinski definition) is 2. The van der Waals surface area contributed by atoms with E-state index in [9.17, 15) is 9.90 Å². The van der Waals surface area contributed by atoms with Crippen molar-refractivity contribution in [3.8, 4) is 0 Å². The van der Waals surface area contributed by atoms with E-state index in [1.165, 1.54) is 0 Å². The van der Waals surface area contributed by atoms with Gasteiger partial charge in [-0.05, 0) is 53.4 Å². The predicted octanol–water partition coefficient (Wildman–Crippen LogP) is 1.91. The summed E-state index contributed by atoms with van der Waals surface area (Å²) in [6, 6.07) is 1.01. The average Bonchev–Trinajstić information content (AvgIpc) is 2.42. The number of urea groups is 1. The molecule has 1 unspecified atom stereocenters. The Bertz CT molecular complexity index is 303. The van der Waals surface area contributed by atoms with E-state index in [4.69, 9.17) is 0 Å². The van der Waals surface area contributed by atoms with Gasteiger partial charge in [0.1, 0.15) is 0 Å². The molecule has 5 heteroatoms. The largest absolute Gasteiger partial charge is 0.393 e. The van der Waals surface area contributed by atoms with Crippen LogP contribution < -0.4 is 5.32 Å². The smallest absolute Gasteiger partial charge is 0.317 e. The van der Waals surface area contributed by atoms with Gasteiger partial charge < -0.3 is 15.3 Å². The van der Waals surface area contributed by atoms with Crippen molar-refractivity contribution in [2.45, 2.75) is 65.6 Å². The van der Waals surface area contributed by atoms with Crippen LogP contribution in [0.25, 0.3) is 0 Å². The number of nitrogens with zero attached hydrogens (tertiary/aromatic N) is 2. The molecule has 2 N–H and O–H groups in total. The lowest BCUT2D eigenvalue weighted by Crippen LogP contribution is -2.48. The van der Waals surface area contributed by atoms with E-state index >= 15 is 0 Å². The number of rotatable bonds is 6. The van der Waals surface area contributed by atoms with Crippen molar-refractivity contribution < 1.29 is 9.90 Å². The van der Waals surface area contributed by atoms with Crippen LogP contribution in [0.4, 0.5) is 4.79 Å². The minimum atomic E-state index is -0.263. The molecular weight excluding hydrogens is 266 g/mol. The molecule has 1 aliphatic rings. The van der Waals surface area contributed by atoms with Crippen LogP contribution in [0.2, 0.25) is 0 Å². The molecule has 0 aromatic rings. The van der Waals surface area contributed by atoms with Gasteiger partial charge >= 0.3 is 6.03 Å². The van der Waals surface area contributed by atoms with Crippen LogP contribution in [0, 0.1) is 5.92 Å². The van der Waals surface area contributed by atoms with Crippen LogP contribution in [-0.2, 0) is 0 Å². The molecule has 0 aromatic heterocycles. The molecule has 0 bridgehead atoms. The number of piperidine rings is 1. The molecule has 2 amide bonds. The summed E-state index contributed by atoms with van der Waals surface area (Å²) in [7, 11) is 0. The Labute approximate surface area is 129 Å². The summed E-state index contributed by atoms with van der Waals surface area (Å²) in [6.45, 7) is 13.6. The molecule has 1 aliphatic heterocycles. The molecule has 5 nitrogen and oxygen atoms in total. The molecule has 1 rings (SSSR count). The molecule has 0 spiro atoms. The van der Waals surface area contributed by atoms with Crippen molar-refractivity contribution in [2.75, 3.05) is 26.2 Å².